The van der Waals surface area contributed by atoms with Gasteiger partial charge in [0.25, 0.3) is 0 Å². The number of hydrogen-bond acceptors (Lipinski definition) is 3. The molecular weight excluding hydrogens is 216 g/mol. The molecule has 2 unspecified atom stereocenters. The average Bonchev–Trinajstić information content (AvgIpc) is 2.27. The summed E-state index contributed by atoms with van der Waals surface area (Å²) in [5.74, 6) is 0. The first-order chi connectivity index (χ1) is 7.86. The minimum absolute atomic E-state index is 0.152. The Kier molecular flexibility index (Phi) is 4.77. The van der Waals surface area contributed by atoms with Crippen LogP contribution in [0.1, 0.15) is 20.3 Å². The maximum Gasteiger partial charge on any atom is 0.322 e. The molecule has 1 rings (SSSR count). The molecule has 17 heavy (non-hydrogen) atoms. The van der Waals surface area contributed by atoms with Crippen molar-refractivity contribution in [3.8, 4) is 0 Å². The zero-order valence-corrected chi connectivity index (χ0v) is 12.0. The summed E-state index contributed by atoms with van der Waals surface area (Å²) in [6.45, 7) is 5.85. The standard InChI is InChI=1S/C12H26N4O/c1-10(13(3)4)15-8-7-9-16(12(15)17)11(2)14(5)6/h10-11H,7-9H2,1-6H3. The number of carbonyl (C=O) groups excluding carboxylic acids is 1. The Morgan fingerprint density at radius 3 is 1.59 bits per heavy atom. The Balaban J connectivity index is 2.75. The molecule has 1 aliphatic heterocycles. The van der Waals surface area contributed by atoms with Gasteiger partial charge in [-0.15, -0.1) is 0 Å². The highest BCUT2D eigenvalue weighted by Crippen LogP contribution is 2.16. The second kappa shape index (κ2) is 5.69. The zero-order chi connectivity index (χ0) is 13.2. The number of carbonyl (C=O) groups is 1. The summed E-state index contributed by atoms with van der Waals surface area (Å²) in [5, 5.41) is 0. The van der Waals surface area contributed by atoms with E-state index in [2.05, 4.69) is 23.6 Å². The maximum absolute atomic E-state index is 12.4. The minimum Gasteiger partial charge on any atom is -0.309 e. The molecule has 0 N–H and O–H groups in total. The van der Waals surface area contributed by atoms with Crippen LogP contribution >= 0.6 is 0 Å². The zero-order valence-electron chi connectivity index (χ0n) is 12.0. The number of amides is 2. The monoisotopic (exact) mass is 242 g/mol. The summed E-state index contributed by atoms with van der Waals surface area (Å²) in [6, 6.07) is 0.152. The first-order valence-electron chi connectivity index (χ1n) is 6.26. The van der Waals surface area contributed by atoms with Crippen molar-refractivity contribution in [2.75, 3.05) is 41.3 Å². The van der Waals surface area contributed by atoms with E-state index in [1.165, 1.54) is 0 Å². The van der Waals surface area contributed by atoms with E-state index in [4.69, 9.17) is 0 Å². The number of hydrogen-bond donors (Lipinski definition) is 0. The topological polar surface area (TPSA) is 30.0 Å². The lowest BCUT2D eigenvalue weighted by atomic mass is 10.2. The van der Waals surface area contributed by atoms with Gasteiger partial charge in [-0.25, -0.2) is 4.79 Å². The highest BCUT2D eigenvalue weighted by Gasteiger charge is 2.32. The summed E-state index contributed by atoms with van der Waals surface area (Å²) in [6.07, 6.45) is 1.35. The van der Waals surface area contributed by atoms with Crippen molar-refractivity contribution in [3.05, 3.63) is 0 Å². The van der Waals surface area contributed by atoms with Crippen LogP contribution in [0.2, 0.25) is 0 Å². The largest absolute Gasteiger partial charge is 0.322 e. The second-order valence-corrected chi connectivity index (χ2v) is 5.21. The van der Waals surface area contributed by atoms with Crippen molar-refractivity contribution in [2.24, 2.45) is 0 Å². The van der Waals surface area contributed by atoms with Crippen LogP contribution in [0.5, 0.6) is 0 Å². The molecule has 5 nitrogen and oxygen atoms in total. The van der Waals surface area contributed by atoms with E-state index in [9.17, 15) is 4.79 Å². The third-order valence-corrected chi connectivity index (χ3v) is 3.69. The van der Waals surface area contributed by atoms with Gasteiger partial charge in [0.1, 0.15) is 0 Å². The highest BCUT2D eigenvalue weighted by atomic mass is 16.2. The third kappa shape index (κ3) is 3.10. The summed E-state index contributed by atoms with van der Waals surface area (Å²) >= 11 is 0. The molecule has 0 aromatic rings. The fourth-order valence-electron chi connectivity index (χ4n) is 2.02. The maximum atomic E-state index is 12.4. The minimum atomic E-state index is 0.152. The molecule has 0 spiro atoms. The summed E-state index contributed by atoms with van der Waals surface area (Å²) in [4.78, 5) is 20.5. The van der Waals surface area contributed by atoms with Gasteiger partial charge in [0.05, 0.1) is 12.3 Å². The Labute approximate surface area is 105 Å². The van der Waals surface area contributed by atoms with Crippen LogP contribution in [0.4, 0.5) is 4.79 Å². The first kappa shape index (κ1) is 14.3. The van der Waals surface area contributed by atoms with Crippen molar-refractivity contribution in [3.63, 3.8) is 0 Å². The molecule has 100 valence electrons. The lowest BCUT2D eigenvalue weighted by molar-refractivity contribution is 0.0303. The SMILES string of the molecule is CC(N(C)C)N1CCCN(C(C)N(C)C)C1=O. The molecule has 0 saturated carbocycles. The Bertz CT molecular complexity index is 243. The molecule has 2 amide bonds. The van der Waals surface area contributed by atoms with Gasteiger partial charge in [0, 0.05) is 13.1 Å². The van der Waals surface area contributed by atoms with Crippen molar-refractivity contribution in [2.45, 2.75) is 32.6 Å². The normalized spacial score (nSPS) is 21.3. The first-order valence-corrected chi connectivity index (χ1v) is 6.26. The predicted molar refractivity (Wildman–Crippen MR) is 69.7 cm³/mol. The number of nitrogens with zero attached hydrogens (tertiary/aromatic N) is 4. The van der Waals surface area contributed by atoms with Gasteiger partial charge in [-0.2, -0.15) is 0 Å². The van der Waals surface area contributed by atoms with Crippen LogP contribution in [0.3, 0.4) is 0 Å². The van der Waals surface area contributed by atoms with Gasteiger partial charge in [0.2, 0.25) is 0 Å². The summed E-state index contributed by atoms with van der Waals surface area (Å²) in [7, 11) is 8.02. The van der Waals surface area contributed by atoms with E-state index in [1.54, 1.807) is 0 Å². The Morgan fingerprint density at radius 1 is 0.941 bits per heavy atom. The Morgan fingerprint density at radius 2 is 1.29 bits per heavy atom. The Hall–Kier alpha value is -0.810. The van der Waals surface area contributed by atoms with E-state index < -0.39 is 0 Å². The summed E-state index contributed by atoms with van der Waals surface area (Å²) in [5.41, 5.74) is 0. The smallest absolute Gasteiger partial charge is 0.309 e. The van der Waals surface area contributed by atoms with Crippen molar-refractivity contribution < 1.29 is 4.79 Å². The van der Waals surface area contributed by atoms with Gasteiger partial charge in [-0.1, -0.05) is 0 Å². The molecule has 0 bridgehead atoms. The van der Waals surface area contributed by atoms with Gasteiger partial charge in [-0.05, 0) is 48.5 Å². The van der Waals surface area contributed by atoms with Crippen LogP contribution in [0, 0.1) is 0 Å². The van der Waals surface area contributed by atoms with E-state index in [-0.39, 0.29) is 18.4 Å². The summed E-state index contributed by atoms with van der Waals surface area (Å²) < 4.78 is 0. The number of urea groups is 1. The van der Waals surface area contributed by atoms with Gasteiger partial charge in [-0.3, -0.25) is 9.80 Å². The van der Waals surface area contributed by atoms with Crippen molar-refractivity contribution >= 4 is 6.03 Å². The number of rotatable bonds is 4. The van der Waals surface area contributed by atoms with Gasteiger partial charge < -0.3 is 9.80 Å². The molecule has 0 aromatic heterocycles. The molecule has 0 radical (unpaired) electrons. The quantitative estimate of drug-likeness (QED) is 0.734. The lowest BCUT2D eigenvalue weighted by Gasteiger charge is -2.44. The van der Waals surface area contributed by atoms with E-state index in [1.807, 2.05) is 38.0 Å². The molecule has 0 aromatic carbocycles. The molecule has 1 aliphatic rings. The van der Waals surface area contributed by atoms with E-state index >= 15 is 0 Å². The van der Waals surface area contributed by atoms with Gasteiger partial charge >= 0.3 is 6.03 Å². The second-order valence-electron chi connectivity index (χ2n) is 5.21. The third-order valence-electron chi connectivity index (χ3n) is 3.69. The molecule has 5 heteroatoms. The molecular formula is C12H26N4O. The van der Waals surface area contributed by atoms with Crippen LogP contribution in [-0.2, 0) is 0 Å². The van der Waals surface area contributed by atoms with Gasteiger partial charge in [0.15, 0.2) is 0 Å². The molecule has 1 fully saturated rings. The van der Waals surface area contributed by atoms with Crippen LogP contribution < -0.4 is 0 Å². The molecule has 2 atom stereocenters. The van der Waals surface area contributed by atoms with Crippen LogP contribution in [0.25, 0.3) is 0 Å². The molecule has 0 aliphatic carbocycles. The molecule has 1 saturated heterocycles. The molecule has 1 heterocycles. The fraction of sp³-hybridized carbons (Fsp3) is 0.917. The average molecular weight is 242 g/mol. The highest BCUT2D eigenvalue weighted by molar-refractivity contribution is 5.75. The van der Waals surface area contributed by atoms with E-state index in [0.717, 1.165) is 19.5 Å². The van der Waals surface area contributed by atoms with Crippen LogP contribution in [0.15, 0.2) is 0 Å². The fourth-order valence-corrected chi connectivity index (χ4v) is 2.02. The predicted octanol–water partition coefficient (Wildman–Crippen LogP) is 0.929. The van der Waals surface area contributed by atoms with Crippen LogP contribution in [-0.4, -0.2) is 79.2 Å². The van der Waals surface area contributed by atoms with E-state index in [0.29, 0.717) is 0 Å². The van der Waals surface area contributed by atoms with Crippen molar-refractivity contribution in [1.29, 1.82) is 0 Å². The van der Waals surface area contributed by atoms with Crippen molar-refractivity contribution in [1.82, 2.24) is 19.6 Å². The lowest BCUT2D eigenvalue weighted by Crippen LogP contribution is -2.60.